The Morgan fingerprint density at radius 1 is 1.39 bits per heavy atom. The summed E-state index contributed by atoms with van der Waals surface area (Å²) in [4.78, 5) is 19.2. The second-order valence-corrected chi connectivity index (χ2v) is 6.31. The van der Waals surface area contributed by atoms with E-state index in [9.17, 15) is 4.79 Å². The molecule has 2 aromatic rings. The molecule has 0 radical (unpaired) electrons. The van der Waals surface area contributed by atoms with Crippen molar-refractivity contribution in [3.63, 3.8) is 0 Å². The quantitative estimate of drug-likeness (QED) is 0.853. The first-order chi connectivity index (χ1) is 11.2. The van der Waals surface area contributed by atoms with E-state index in [2.05, 4.69) is 4.98 Å². The number of hydrogen-bond donors (Lipinski definition) is 0. The molecule has 4 rings (SSSR count). The summed E-state index contributed by atoms with van der Waals surface area (Å²) in [6, 6.07) is 9.77. The van der Waals surface area contributed by atoms with Gasteiger partial charge in [0.2, 0.25) is 0 Å². The molecule has 2 aliphatic heterocycles. The molecule has 3 heterocycles. The molecule has 0 unspecified atom stereocenters. The molecule has 2 aliphatic rings. The maximum atomic E-state index is 13.0. The third-order valence-corrected chi connectivity index (χ3v) is 5.01. The minimum Gasteiger partial charge on any atom is -0.377 e. The molecule has 5 nitrogen and oxygen atoms in total. The lowest BCUT2D eigenvalue weighted by Gasteiger charge is -2.27. The SMILES string of the molecule is CO[C@H]1CN(C(=O)c2nccc3ccccc23)C[C@@]12CCCO2. The number of carbonyl (C=O) groups is 1. The van der Waals surface area contributed by atoms with Gasteiger partial charge in [0.05, 0.1) is 13.1 Å². The van der Waals surface area contributed by atoms with Crippen LogP contribution in [0.15, 0.2) is 36.5 Å². The fourth-order valence-electron chi connectivity index (χ4n) is 3.84. The van der Waals surface area contributed by atoms with E-state index in [4.69, 9.17) is 9.47 Å². The van der Waals surface area contributed by atoms with Gasteiger partial charge in [-0.15, -0.1) is 0 Å². The van der Waals surface area contributed by atoms with Crippen molar-refractivity contribution in [2.75, 3.05) is 26.8 Å². The van der Waals surface area contributed by atoms with Gasteiger partial charge in [-0.25, -0.2) is 0 Å². The molecule has 0 bridgehead atoms. The zero-order chi connectivity index (χ0) is 15.9. The highest BCUT2D eigenvalue weighted by atomic mass is 16.6. The Morgan fingerprint density at radius 2 is 2.26 bits per heavy atom. The van der Waals surface area contributed by atoms with Crippen molar-refractivity contribution in [2.45, 2.75) is 24.5 Å². The largest absolute Gasteiger partial charge is 0.377 e. The lowest BCUT2D eigenvalue weighted by molar-refractivity contribution is -0.0754. The predicted molar refractivity (Wildman–Crippen MR) is 86.4 cm³/mol. The highest BCUT2D eigenvalue weighted by Gasteiger charge is 2.51. The lowest BCUT2D eigenvalue weighted by Crippen LogP contribution is -2.42. The van der Waals surface area contributed by atoms with Gasteiger partial charge >= 0.3 is 0 Å². The van der Waals surface area contributed by atoms with Gasteiger partial charge in [-0.1, -0.05) is 24.3 Å². The molecule has 0 saturated carbocycles. The first-order valence-electron chi connectivity index (χ1n) is 8.03. The van der Waals surface area contributed by atoms with Crippen LogP contribution in [0.2, 0.25) is 0 Å². The molecule has 0 N–H and O–H groups in total. The maximum Gasteiger partial charge on any atom is 0.273 e. The Labute approximate surface area is 135 Å². The summed E-state index contributed by atoms with van der Waals surface area (Å²) in [6.07, 6.45) is 3.59. The van der Waals surface area contributed by atoms with Gasteiger partial charge in [-0.3, -0.25) is 9.78 Å². The Bertz CT molecular complexity index is 735. The molecule has 1 amide bonds. The maximum absolute atomic E-state index is 13.0. The third kappa shape index (κ3) is 2.31. The number of pyridine rings is 1. The van der Waals surface area contributed by atoms with E-state index in [1.165, 1.54) is 0 Å². The Kier molecular flexibility index (Phi) is 3.54. The monoisotopic (exact) mass is 312 g/mol. The third-order valence-electron chi connectivity index (χ3n) is 5.01. The standard InChI is InChI=1S/C18H20N2O3/c1-22-15-11-20(12-18(15)8-4-10-23-18)17(21)16-14-6-3-2-5-13(14)7-9-19-16/h2-3,5-7,9,15H,4,8,10-12H2,1H3/t15-,18-/m0/s1. The second-order valence-electron chi connectivity index (χ2n) is 6.31. The Hall–Kier alpha value is -1.98. The normalized spacial score (nSPS) is 27.2. The van der Waals surface area contributed by atoms with E-state index in [1.807, 2.05) is 35.2 Å². The summed E-state index contributed by atoms with van der Waals surface area (Å²) < 4.78 is 11.6. The Morgan fingerprint density at radius 3 is 3.04 bits per heavy atom. The van der Waals surface area contributed by atoms with Crippen molar-refractivity contribution < 1.29 is 14.3 Å². The zero-order valence-electron chi connectivity index (χ0n) is 13.2. The van der Waals surface area contributed by atoms with Crippen molar-refractivity contribution in [1.82, 2.24) is 9.88 Å². The molecule has 2 fully saturated rings. The number of methoxy groups -OCH3 is 1. The number of ether oxygens (including phenoxy) is 2. The van der Waals surface area contributed by atoms with Crippen LogP contribution in [-0.2, 0) is 9.47 Å². The summed E-state index contributed by atoms with van der Waals surface area (Å²) in [5.74, 6) is -0.0452. The first kappa shape index (κ1) is 14.6. The molecule has 1 aromatic carbocycles. The Balaban J connectivity index is 1.67. The fourth-order valence-corrected chi connectivity index (χ4v) is 3.84. The van der Waals surface area contributed by atoms with Gasteiger partial charge < -0.3 is 14.4 Å². The molecule has 2 atom stereocenters. The molecule has 0 aliphatic carbocycles. The van der Waals surface area contributed by atoms with Crippen molar-refractivity contribution in [2.24, 2.45) is 0 Å². The number of fused-ring (bicyclic) bond motifs is 1. The van der Waals surface area contributed by atoms with Crippen LogP contribution in [0.4, 0.5) is 0 Å². The molecule has 5 heteroatoms. The molecule has 23 heavy (non-hydrogen) atoms. The van der Waals surface area contributed by atoms with Gasteiger partial charge in [0, 0.05) is 25.3 Å². The predicted octanol–water partition coefficient (Wildman–Crippen LogP) is 2.25. The first-order valence-corrected chi connectivity index (χ1v) is 8.03. The van der Waals surface area contributed by atoms with Crippen LogP contribution in [0.5, 0.6) is 0 Å². The van der Waals surface area contributed by atoms with Gasteiger partial charge in [0.25, 0.3) is 5.91 Å². The van der Waals surface area contributed by atoms with E-state index in [1.54, 1.807) is 13.3 Å². The van der Waals surface area contributed by atoms with Crippen molar-refractivity contribution >= 4 is 16.7 Å². The van der Waals surface area contributed by atoms with E-state index in [0.717, 1.165) is 30.2 Å². The van der Waals surface area contributed by atoms with Crippen LogP contribution >= 0.6 is 0 Å². The zero-order valence-corrected chi connectivity index (χ0v) is 13.2. The summed E-state index contributed by atoms with van der Waals surface area (Å²) in [5, 5.41) is 1.92. The number of hydrogen-bond acceptors (Lipinski definition) is 4. The molecule has 120 valence electrons. The number of rotatable bonds is 2. The van der Waals surface area contributed by atoms with E-state index in [0.29, 0.717) is 18.8 Å². The average molecular weight is 312 g/mol. The van der Waals surface area contributed by atoms with Crippen molar-refractivity contribution in [1.29, 1.82) is 0 Å². The van der Waals surface area contributed by atoms with Crippen LogP contribution in [0.25, 0.3) is 10.8 Å². The van der Waals surface area contributed by atoms with E-state index < -0.39 is 0 Å². The summed E-state index contributed by atoms with van der Waals surface area (Å²) >= 11 is 0. The van der Waals surface area contributed by atoms with Crippen LogP contribution in [-0.4, -0.2) is 54.3 Å². The lowest BCUT2D eigenvalue weighted by atomic mass is 9.96. The second kappa shape index (κ2) is 5.58. The highest BCUT2D eigenvalue weighted by molar-refractivity contribution is 6.05. The van der Waals surface area contributed by atoms with E-state index in [-0.39, 0.29) is 17.6 Å². The van der Waals surface area contributed by atoms with Crippen LogP contribution in [0.3, 0.4) is 0 Å². The number of benzene rings is 1. The average Bonchev–Trinajstić information content (AvgIpc) is 3.21. The topological polar surface area (TPSA) is 51.7 Å². The fraction of sp³-hybridized carbons (Fsp3) is 0.444. The number of amides is 1. The van der Waals surface area contributed by atoms with E-state index >= 15 is 0 Å². The van der Waals surface area contributed by atoms with Crippen molar-refractivity contribution in [3.8, 4) is 0 Å². The minimum atomic E-state index is -0.338. The number of likely N-dealkylation sites (tertiary alicyclic amines) is 1. The summed E-state index contributed by atoms with van der Waals surface area (Å²) in [5.41, 5.74) is 0.169. The number of aromatic nitrogens is 1. The molecule has 1 aromatic heterocycles. The molecule has 1 spiro atoms. The van der Waals surface area contributed by atoms with Crippen LogP contribution in [0.1, 0.15) is 23.3 Å². The molecular formula is C18H20N2O3. The van der Waals surface area contributed by atoms with Crippen molar-refractivity contribution in [3.05, 3.63) is 42.2 Å². The smallest absolute Gasteiger partial charge is 0.273 e. The molecule has 2 saturated heterocycles. The number of carbonyl (C=O) groups excluding carboxylic acids is 1. The van der Waals surface area contributed by atoms with Gasteiger partial charge in [0.1, 0.15) is 17.4 Å². The summed E-state index contributed by atoms with van der Waals surface area (Å²) in [6.45, 7) is 1.88. The van der Waals surface area contributed by atoms with Gasteiger partial charge in [-0.05, 0) is 24.3 Å². The van der Waals surface area contributed by atoms with Crippen LogP contribution in [0, 0.1) is 0 Å². The van der Waals surface area contributed by atoms with Gasteiger partial charge in [-0.2, -0.15) is 0 Å². The minimum absolute atomic E-state index is 0.0452. The molecular weight excluding hydrogens is 292 g/mol. The van der Waals surface area contributed by atoms with Crippen LogP contribution < -0.4 is 0 Å². The highest BCUT2D eigenvalue weighted by Crippen LogP contribution is 2.37. The van der Waals surface area contributed by atoms with Gasteiger partial charge in [0.15, 0.2) is 0 Å². The summed E-state index contributed by atoms with van der Waals surface area (Å²) in [7, 11) is 1.69. The number of nitrogens with zero attached hydrogens (tertiary/aromatic N) is 2.